The number of aromatic nitrogens is 2. The fourth-order valence-corrected chi connectivity index (χ4v) is 3.09. The van der Waals surface area contributed by atoms with Crippen LogP contribution in [0.15, 0.2) is 24.5 Å². The minimum atomic E-state index is -0.857. The van der Waals surface area contributed by atoms with Crippen molar-refractivity contribution < 1.29 is 14.7 Å². The third-order valence-corrected chi connectivity index (χ3v) is 4.13. The maximum Gasteiger partial charge on any atom is 0.305 e. The van der Waals surface area contributed by atoms with Crippen LogP contribution in [0.5, 0.6) is 0 Å². The lowest BCUT2D eigenvalue weighted by molar-refractivity contribution is -0.138. The minimum absolute atomic E-state index is 0.0104. The van der Waals surface area contributed by atoms with Gasteiger partial charge >= 0.3 is 5.97 Å². The number of carbonyl (C=O) groups excluding carboxylic acids is 1. The molecule has 0 aromatic carbocycles. The molecule has 6 heteroatoms. The van der Waals surface area contributed by atoms with Crippen LogP contribution in [0.25, 0.3) is 5.65 Å². The molecule has 22 heavy (non-hydrogen) atoms. The molecule has 6 nitrogen and oxygen atoms in total. The number of amides is 1. The number of carbonyl (C=O) groups is 2. The molecular formula is C16H19N3O3. The van der Waals surface area contributed by atoms with Crippen molar-refractivity contribution >= 4 is 17.5 Å². The van der Waals surface area contributed by atoms with Gasteiger partial charge in [-0.3, -0.25) is 9.59 Å². The van der Waals surface area contributed by atoms with E-state index in [1.165, 1.54) is 0 Å². The first-order chi connectivity index (χ1) is 10.5. The number of pyridine rings is 1. The minimum Gasteiger partial charge on any atom is -0.481 e. The predicted octanol–water partition coefficient (Wildman–Crippen LogP) is 2.11. The SMILES string of the molecule is Cc1cn2ccc(C(=O)N3CCCCC3CC(=O)O)cc2n1. The Bertz CT molecular complexity index is 722. The zero-order chi connectivity index (χ0) is 15.7. The fourth-order valence-electron chi connectivity index (χ4n) is 3.09. The van der Waals surface area contributed by atoms with Gasteiger partial charge in [0.25, 0.3) is 5.91 Å². The van der Waals surface area contributed by atoms with E-state index in [-0.39, 0.29) is 18.4 Å². The summed E-state index contributed by atoms with van der Waals surface area (Å²) < 4.78 is 1.87. The van der Waals surface area contributed by atoms with Gasteiger partial charge in [-0.25, -0.2) is 4.98 Å². The van der Waals surface area contributed by atoms with Gasteiger partial charge in [0.1, 0.15) is 5.65 Å². The summed E-state index contributed by atoms with van der Waals surface area (Å²) >= 11 is 0. The molecule has 1 unspecified atom stereocenters. The van der Waals surface area contributed by atoms with E-state index in [9.17, 15) is 9.59 Å². The molecule has 1 aliphatic rings. The second-order valence-corrected chi connectivity index (χ2v) is 5.81. The van der Waals surface area contributed by atoms with Gasteiger partial charge in [0.2, 0.25) is 0 Å². The Morgan fingerprint density at radius 1 is 1.41 bits per heavy atom. The summed E-state index contributed by atoms with van der Waals surface area (Å²) in [5.41, 5.74) is 2.19. The van der Waals surface area contributed by atoms with Crippen LogP contribution < -0.4 is 0 Å². The van der Waals surface area contributed by atoms with Crippen molar-refractivity contribution in [1.29, 1.82) is 0 Å². The Labute approximate surface area is 128 Å². The Morgan fingerprint density at radius 2 is 2.23 bits per heavy atom. The first-order valence-electron chi connectivity index (χ1n) is 7.53. The molecule has 0 radical (unpaired) electrons. The van der Waals surface area contributed by atoms with Gasteiger partial charge in [0.05, 0.1) is 12.1 Å². The Kier molecular flexibility index (Phi) is 3.83. The molecule has 116 valence electrons. The van der Waals surface area contributed by atoms with Gasteiger partial charge < -0.3 is 14.4 Å². The number of piperidine rings is 1. The van der Waals surface area contributed by atoms with Crippen LogP contribution >= 0.6 is 0 Å². The van der Waals surface area contributed by atoms with Crippen molar-refractivity contribution in [3.63, 3.8) is 0 Å². The largest absolute Gasteiger partial charge is 0.481 e. The fraction of sp³-hybridized carbons (Fsp3) is 0.438. The number of carboxylic acids is 1. The molecule has 1 atom stereocenters. The van der Waals surface area contributed by atoms with Gasteiger partial charge in [-0.15, -0.1) is 0 Å². The number of aliphatic carboxylic acids is 1. The number of hydrogen-bond acceptors (Lipinski definition) is 3. The van der Waals surface area contributed by atoms with Gasteiger partial charge in [0.15, 0.2) is 0 Å². The number of hydrogen-bond donors (Lipinski definition) is 1. The molecule has 0 aliphatic carbocycles. The van der Waals surface area contributed by atoms with Crippen LogP contribution in [-0.4, -0.2) is 43.9 Å². The molecule has 1 N–H and O–H groups in total. The van der Waals surface area contributed by atoms with Gasteiger partial charge in [-0.2, -0.15) is 0 Å². The smallest absolute Gasteiger partial charge is 0.305 e. The highest BCUT2D eigenvalue weighted by Crippen LogP contribution is 2.22. The summed E-state index contributed by atoms with van der Waals surface area (Å²) in [5.74, 6) is -0.960. The first kappa shape index (κ1) is 14.6. The van der Waals surface area contributed by atoms with E-state index in [4.69, 9.17) is 5.11 Å². The van der Waals surface area contributed by atoms with Gasteiger partial charge in [-0.1, -0.05) is 0 Å². The van der Waals surface area contributed by atoms with E-state index in [0.717, 1.165) is 30.6 Å². The molecule has 2 aromatic rings. The van der Waals surface area contributed by atoms with Crippen LogP contribution in [-0.2, 0) is 4.79 Å². The number of imidazole rings is 1. The molecule has 1 saturated heterocycles. The maximum atomic E-state index is 12.7. The monoisotopic (exact) mass is 301 g/mol. The number of nitrogens with zero attached hydrogens (tertiary/aromatic N) is 3. The Hall–Kier alpha value is -2.37. The van der Waals surface area contributed by atoms with Crippen LogP contribution in [0.2, 0.25) is 0 Å². The maximum absolute atomic E-state index is 12.7. The third kappa shape index (κ3) is 2.81. The van der Waals surface area contributed by atoms with Crippen LogP contribution in [0.3, 0.4) is 0 Å². The van der Waals surface area contributed by atoms with E-state index in [0.29, 0.717) is 12.1 Å². The molecule has 1 fully saturated rings. The zero-order valence-corrected chi connectivity index (χ0v) is 12.5. The average Bonchev–Trinajstić information content (AvgIpc) is 2.85. The van der Waals surface area contributed by atoms with E-state index in [2.05, 4.69) is 4.98 Å². The molecule has 3 rings (SSSR count). The van der Waals surface area contributed by atoms with Crippen molar-refractivity contribution in [3.05, 3.63) is 35.8 Å². The first-order valence-corrected chi connectivity index (χ1v) is 7.53. The molecule has 1 aliphatic heterocycles. The van der Waals surface area contributed by atoms with Crippen molar-refractivity contribution in [3.8, 4) is 0 Å². The zero-order valence-electron chi connectivity index (χ0n) is 12.5. The Morgan fingerprint density at radius 3 is 3.00 bits per heavy atom. The summed E-state index contributed by atoms with van der Waals surface area (Å²) in [7, 11) is 0. The summed E-state index contributed by atoms with van der Waals surface area (Å²) in [6, 6.07) is 3.32. The van der Waals surface area contributed by atoms with Gasteiger partial charge in [0, 0.05) is 30.5 Å². The summed E-state index contributed by atoms with van der Waals surface area (Å²) in [5, 5.41) is 9.03. The predicted molar refractivity (Wildman–Crippen MR) is 80.9 cm³/mol. The molecular weight excluding hydrogens is 282 g/mol. The highest BCUT2D eigenvalue weighted by atomic mass is 16.4. The van der Waals surface area contributed by atoms with Crippen LogP contribution in [0, 0.1) is 6.92 Å². The molecule has 3 heterocycles. The number of fused-ring (bicyclic) bond motifs is 1. The third-order valence-electron chi connectivity index (χ3n) is 4.13. The molecule has 0 saturated carbocycles. The lowest BCUT2D eigenvalue weighted by atomic mass is 9.98. The normalized spacial score (nSPS) is 18.6. The topological polar surface area (TPSA) is 74.9 Å². The summed E-state index contributed by atoms with van der Waals surface area (Å²) in [6.07, 6.45) is 6.38. The van der Waals surface area contributed by atoms with Crippen molar-refractivity contribution in [2.24, 2.45) is 0 Å². The lowest BCUT2D eigenvalue weighted by Gasteiger charge is -2.35. The highest BCUT2D eigenvalue weighted by molar-refractivity contribution is 5.95. The quantitative estimate of drug-likeness (QED) is 0.942. The summed E-state index contributed by atoms with van der Waals surface area (Å²) in [6.45, 7) is 2.53. The van der Waals surface area contributed by atoms with Crippen LogP contribution in [0.4, 0.5) is 0 Å². The van der Waals surface area contributed by atoms with E-state index in [1.54, 1.807) is 17.0 Å². The van der Waals surface area contributed by atoms with Gasteiger partial charge in [-0.05, 0) is 38.3 Å². The summed E-state index contributed by atoms with van der Waals surface area (Å²) in [4.78, 5) is 29.8. The molecule has 0 spiro atoms. The van der Waals surface area contributed by atoms with Crippen molar-refractivity contribution in [2.45, 2.75) is 38.6 Å². The van der Waals surface area contributed by atoms with E-state index < -0.39 is 5.97 Å². The highest BCUT2D eigenvalue weighted by Gasteiger charge is 2.29. The average molecular weight is 301 g/mol. The lowest BCUT2D eigenvalue weighted by Crippen LogP contribution is -2.44. The standard InChI is InChI=1S/C16H19N3O3/c1-11-10-18-7-5-12(8-14(18)17-11)16(22)19-6-3-2-4-13(19)9-15(20)21/h5,7-8,10,13H,2-4,6,9H2,1H3,(H,20,21). The number of rotatable bonds is 3. The molecule has 2 aromatic heterocycles. The second-order valence-electron chi connectivity index (χ2n) is 5.81. The number of aryl methyl sites for hydroxylation is 1. The van der Waals surface area contributed by atoms with Crippen molar-refractivity contribution in [2.75, 3.05) is 6.54 Å². The second kappa shape index (κ2) is 5.79. The molecule has 1 amide bonds. The van der Waals surface area contributed by atoms with Crippen LogP contribution in [0.1, 0.15) is 41.7 Å². The molecule has 0 bridgehead atoms. The van der Waals surface area contributed by atoms with E-state index in [1.807, 2.05) is 23.7 Å². The number of likely N-dealkylation sites (tertiary alicyclic amines) is 1. The van der Waals surface area contributed by atoms with Crippen molar-refractivity contribution in [1.82, 2.24) is 14.3 Å². The van der Waals surface area contributed by atoms with E-state index >= 15 is 0 Å². The Balaban J connectivity index is 1.87. The number of carboxylic acid groups (broad SMARTS) is 1.